The van der Waals surface area contributed by atoms with Crippen molar-refractivity contribution in [2.75, 3.05) is 18.9 Å². The monoisotopic (exact) mass is 355 g/mol. The lowest BCUT2D eigenvalue weighted by Crippen LogP contribution is -2.34. The molecule has 0 bridgehead atoms. The third-order valence-corrected chi connectivity index (χ3v) is 4.80. The highest BCUT2D eigenvalue weighted by Gasteiger charge is 2.46. The molecule has 4 amide bonds. The maximum absolute atomic E-state index is 12.4. The fourth-order valence-electron chi connectivity index (χ4n) is 3.41. The first kappa shape index (κ1) is 17.8. The lowest BCUT2D eigenvalue weighted by molar-refractivity contribution is -0.140. The first-order chi connectivity index (χ1) is 12.5. The molecule has 2 aliphatic rings. The van der Waals surface area contributed by atoms with E-state index >= 15 is 0 Å². The molecule has 0 radical (unpaired) electrons. The SMILES string of the molecule is CNC(=O)c1cccc(NC(=O)CCN2C(=O)[C@H]3CC=CC[C@H]3C2=O)c1. The number of hydrogen-bond donors (Lipinski definition) is 2. The summed E-state index contributed by atoms with van der Waals surface area (Å²) in [5.74, 6) is -1.48. The number of amides is 4. The van der Waals surface area contributed by atoms with Gasteiger partial charge in [-0.2, -0.15) is 0 Å². The summed E-state index contributed by atoms with van der Waals surface area (Å²) in [5.41, 5.74) is 0.930. The van der Waals surface area contributed by atoms with E-state index in [-0.39, 0.29) is 48.4 Å². The Labute approximate surface area is 151 Å². The Morgan fingerprint density at radius 1 is 1.12 bits per heavy atom. The molecular weight excluding hydrogens is 334 g/mol. The van der Waals surface area contributed by atoms with Crippen LogP contribution in [0.4, 0.5) is 5.69 Å². The number of likely N-dealkylation sites (tertiary alicyclic amines) is 1. The van der Waals surface area contributed by atoms with E-state index in [2.05, 4.69) is 10.6 Å². The van der Waals surface area contributed by atoms with E-state index in [9.17, 15) is 19.2 Å². The molecule has 0 aromatic heterocycles. The molecule has 1 fully saturated rings. The van der Waals surface area contributed by atoms with Gasteiger partial charge in [0, 0.05) is 31.3 Å². The summed E-state index contributed by atoms with van der Waals surface area (Å²) in [6.07, 6.45) is 5.06. The normalized spacial score (nSPS) is 21.5. The van der Waals surface area contributed by atoms with Gasteiger partial charge in [-0.1, -0.05) is 18.2 Å². The molecule has 7 heteroatoms. The number of benzene rings is 1. The number of anilines is 1. The van der Waals surface area contributed by atoms with Crippen LogP contribution in [-0.2, 0) is 14.4 Å². The quantitative estimate of drug-likeness (QED) is 0.615. The summed E-state index contributed by atoms with van der Waals surface area (Å²) in [5, 5.41) is 5.22. The van der Waals surface area contributed by atoms with Crippen molar-refractivity contribution in [2.24, 2.45) is 11.8 Å². The number of carbonyl (C=O) groups is 4. The zero-order valence-electron chi connectivity index (χ0n) is 14.5. The first-order valence-corrected chi connectivity index (χ1v) is 8.63. The van der Waals surface area contributed by atoms with Crippen molar-refractivity contribution in [3.8, 4) is 0 Å². The Morgan fingerprint density at radius 2 is 1.77 bits per heavy atom. The summed E-state index contributed by atoms with van der Waals surface area (Å²) in [7, 11) is 1.53. The first-order valence-electron chi connectivity index (χ1n) is 8.63. The molecule has 3 rings (SSSR count). The van der Waals surface area contributed by atoms with E-state index in [1.165, 1.54) is 11.9 Å². The van der Waals surface area contributed by atoms with E-state index in [1.54, 1.807) is 24.3 Å². The smallest absolute Gasteiger partial charge is 0.251 e. The molecule has 7 nitrogen and oxygen atoms in total. The second-order valence-corrected chi connectivity index (χ2v) is 6.44. The molecule has 0 saturated carbocycles. The highest BCUT2D eigenvalue weighted by molar-refractivity contribution is 6.06. The van der Waals surface area contributed by atoms with Crippen molar-refractivity contribution >= 4 is 29.3 Å². The highest BCUT2D eigenvalue weighted by Crippen LogP contribution is 2.35. The van der Waals surface area contributed by atoms with E-state index in [4.69, 9.17) is 0 Å². The highest BCUT2D eigenvalue weighted by atomic mass is 16.2. The van der Waals surface area contributed by atoms with Crippen LogP contribution < -0.4 is 10.6 Å². The Hall–Kier alpha value is -2.96. The minimum absolute atomic E-state index is 0.0224. The van der Waals surface area contributed by atoms with E-state index < -0.39 is 0 Å². The number of fused-ring (bicyclic) bond motifs is 1. The van der Waals surface area contributed by atoms with Crippen LogP contribution >= 0.6 is 0 Å². The summed E-state index contributed by atoms with van der Waals surface area (Å²) in [6, 6.07) is 6.57. The van der Waals surface area contributed by atoms with Crippen LogP contribution in [0.15, 0.2) is 36.4 Å². The molecule has 136 valence electrons. The van der Waals surface area contributed by atoms with Crippen molar-refractivity contribution in [1.82, 2.24) is 10.2 Å². The molecule has 1 aromatic rings. The predicted molar refractivity (Wildman–Crippen MR) is 95.2 cm³/mol. The average molecular weight is 355 g/mol. The molecule has 0 spiro atoms. The van der Waals surface area contributed by atoms with E-state index in [0.29, 0.717) is 24.1 Å². The minimum atomic E-state index is -0.312. The number of hydrogen-bond acceptors (Lipinski definition) is 4. The minimum Gasteiger partial charge on any atom is -0.355 e. The van der Waals surface area contributed by atoms with Crippen LogP contribution in [0.5, 0.6) is 0 Å². The molecule has 1 aromatic carbocycles. The van der Waals surface area contributed by atoms with Gasteiger partial charge in [0.15, 0.2) is 0 Å². The Morgan fingerprint density at radius 3 is 2.38 bits per heavy atom. The number of allylic oxidation sites excluding steroid dienone is 2. The maximum Gasteiger partial charge on any atom is 0.251 e. The van der Waals surface area contributed by atoms with Crippen LogP contribution in [0.1, 0.15) is 29.6 Å². The Balaban J connectivity index is 1.57. The molecule has 1 heterocycles. The molecule has 1 aliphatic carbocycles. The lowest BCUT2D eigenvalue weighted by Gasteiger charge is -2.14. The molecule has 2 atom stereocenters. The van der Waals surface area contributed by atoms with Gasteiger partial charge in [0.1, 0.15) is 0 Å². The van der Waals surface area contributed by atoms with Crippen molar-refractivity contribution in [2.45, 2.75) is 19.3 Å². The number of rotatable bonds is 5. The number of nitrogens with zero attached hydrogens (tertiary/aromatic N) is 1. The van der Waals surface area contributed by atoms with E-state index in [0.717, 1.165) is 0 Å². The van der Waals surface area contributed by atoms with Gasteiger partial charge in [0.25, 0.3) is 5.91 Å². The summed E-state index contributed by atoms with van der Waals surface area (Å²) < 4.78 is 0. The van der Waals surface area contributed by atoms with Gasteiger partial charge in [-0.15, -0.1) is 0 Å². The fourth-order valence-corrected chi connectivity index (χ4v) is 3.41. The van der Waals surface area contributed by atoms with Crippen LogP contribution in [0.2, 0.25) is 0 Å². The van der Waals surface area contributed by atoms with Gasteiger partial charge in [-0.05, 0) is 31.0 Å². The molecule has 1 saturated heterocycles. The van der Waals surface area contributed by atoms with Crippen molar-refractivity contribution in [1.29, 1.82) is 0 Å². The number of nitrogens with one attached hydrogen (secondary N) is 2. The predicted octanol–water partition coefficient (Wildman–Crippen LogP) is 1.33. The third-order valence-electron chi connectivity index (χ3n) is 4.80. The lowest BCUT2D eigenvalue weighted by atomic mass is 9.85. The molecule has 2 N–H and O–H groups in total. The Bertz CT molecular complexity index is 761. The maximum atomic E-state index is 12.4. The van der Waals surface area contributed by atoms with Crippen molar-refractivity contribution in [3.05, 3.63) is 42.0 Å². The Kier molecular flexibility index (Phi) is 5.16. The zero-order valence-corrected chi connectivity index (χ0v) is 14.5. The van der Waals surface area contributed by atoms with Gasteiger partial charge < -0.3 is 10.6 Å². The van der Waals surface area contributed by atoms with Gasteiger partial charge >= 0.3 is 0 Å². The van der Waals surface area contributed by atoms with Gasteiger partial charge in [-0.3, -0.25) is 24.1 Å². The van der Waals surface area contributed by atoms with Crippen molar-refractivity contribution < 1.29 is 19.2 Å². The van der Waals surface area contributed by atoms with Gasteiger partial charge in [0.05, 0.1) is 11.8 Å². The largest absolute Gasteiger partial charge is 0.355 e. The summed E-state index contributed by atoms with van der Waals surface area (Å²) >= 11 is 0. The molecule has 26 heavy (non-hydrogen) atoms. The summed E-state index contributed by atoms with van der Waals surface area (Å²) in [6.45, 7) is 0.0750. The fraction of sp³-hybridized carbons (Fsp3) is 0.368. The van der Waals surface area contributed by atoms with E-state index in [1.807, 2.05) is 12.2 Å². The second-order valence-electron chi connectivity index (χ2n) is 6.44. The average Bonchev–Trinajstić information content (AvgIpc) is 2.90. The van der Waals surface area contributed by atoms with Crippen molar-refractivity contribution in [3.63, 3.8) is 0 Å². The second kappa shape index (κ2) is 7.51. The van der Waals surface area contributed by atoms with Crippen LogP contribution in [-0.4, -0.2) is 42.1 Å². The summed E-state index contributed by atoms with van der Waals surface area (Å²) in [4.78, 5) is 49.8. The topological polar surface area (TPSA) is 95.6 Å². The molecular formula is C19H21N3O4. The number of carbonyl (C=O) groups excluding carboxylic acids is 4. The standard InChI is InChI=1S/C19H21N3O4/c1-20-17(24)12-5-4-6-13(11-12)21-16(23)9-10-22-18(25)14-7-2-3-8-15(14)19(22)26/h2-6,11,14-15H,7-10H2,1H3,(H,20,24)(H,21,23)/t14-,15+. The van der Waals surface area contributed by atoms with Crippen LogP contribution in [0.3, 0.4) is 0 Å². The van der Waals surface area contributed by atoms with Crippen LogP contribution in [0, 0.1) is 11.8 Å². The number of imide groups is 1. The third kappa shape index (κ3) is 3.51. The van der Waals surface area contributed by atoms with Crippen LogP contribution in [0.25, 0.3) is 0 Å². The zero-order chi connectivity index (χ0) is 18.7. The van der Waals surface area contributed by atoms with Gasteiger partial charge in [-0.25, -0.2) is 0 Å². The van der Waals surface area contributed by atoms with Gasteiger partial charge in [0.2, 0.25) is 17.7 Å². The molecule has 0 unspecified atom stereocenters. The molecule has 1 aliphatic heterocycles.